The van der Waals surface area contributed by atoms with Crippen molar-refractivity contribution in [3.05, 3.63) is 60.2 Å². The molecule has 1 N–H and O–H groups in total. The molecular formula is C19H20N2O2S. The topological polar surface area (TPSA) is 49.4 Å². The van der Waals surface area contributed by atoms with Crippen LogP contribution >= 0.6 is 11.8 Å². The number of fused-ring (bicyclic) bond motifs is 1. The first kappa shape index (κ1) is 16.6. The van der Waals surface area contributed by atoms with Crippen LogP contribution < -0.4 is 10.2 Å². The lowest BCUT2D eigenvalue weighted by molar-refractivity contribution is -0.122. The zero-order chi connectivity index (χ0) is 16.8. The van der Waals surface area contributed by atoms with Crippen molar-refractivity contribution < 1.29 is 9.59 Å². The van der Waals surface area contributed by atoms with Crippen LogP contribution in [0.1, 0.15) is 12.0 Å². The number of rotatable bonds is 6. The summed E-state index contributed by atoms with van der Waals surface area (Å²) in [6.07, 6.45) is 1.82. The SMILES string of the molecule is O=C(CN1C(=O)CSc2ccccc21)NCCCc1ccccc1. The van der Waals surface area contributed by atoms with Gasteiger partial charge in [-0.2, -0.15) is 0 Å². The number of amides is 2. The van der Waals surface area contributed by atoms with Crippen LogP contribution in [0.4, 0.5) is 5.69 Å². The van der Waals surface area contributed by atoms with Crippen LogP contribution in [0.25, 0.3) is 0 Å². The first-order valence-electron chi connectivity index (χ1n) is 8.07. The molecule has 0 saturated carbocycles. The zero-order valence-corrected chi connectivity index (χ0v) is 14.2. The average molecular weight is 340 g/mol. The third kappa shape index (κ3) is 4.17. The van der Waals surface area contributed by atoms with Crippen molar-refractivity contribution in [2.24, 2.45) is 0 Å². The Morgan fingerprint density at radius 1 is 1.08 bits per heavy atom. The van der Waals surface area contributed by atoms with Crippen LogP contribution in [-0.2, 0) is 16.0 Å². The Kier molecular flexibility index (Phi) is 5.54. The van der Waals surface area contributed by atoms with Crippen molar-refractivity contribution in [2.75, 3.05) is 23.7 Å². The van der Waals surface area contributed by atoms with Gasteiger partial charge in [-0.25, -0.2) is 0 Å². The third-order valence-electron chi connectivity index (χ3n) is 3.92. The number of nitrogens with one attached hydrogen (secondary N) is 1. The van der Waals surface area contributed by atoms with Crippen LogP contribution in [0.3, 0.4) is 0 Å². The number of thioether (sulfide) groups is 1. The van der Waals surface area contributed by atoms with Gasteiger partial charge >= 0.3 is 0 Å². The van der Waals surface area contributed by atoms with Gasteiger partial charge in [0.05, 0.1) is 11.4 Å². The number of anilines is 1. The van der Waals surface area contributed by atoms with Crippen molar-refractivity contribution in [3.63, 3.8) is 0 Å². The molecule has 2 aromatic rings. The summed E-state index contributed by atoms with van der Waals surface area (Å²) in [6, 6.07) is 17.9. The molecule has 0 bridgehead atoms. The van der Waals surface area contributed by atoms with Gasteiger partial charge in [0.15, 0.2) is 0 Å². The van der Waals surface area contributed by atoms with E-state index in [0.717, 1.165) is 23.4 Å². The molecule has 0 unspecified atom stereocenters. The van der Waals surface area contributed by atoms with Gasteiger partial charge in [0.1, 0.15) is 6.54 Å². The fraction of sp³-hybridized carbons (Fsp3) is 0.263. The maximum absolute atomic E-state index is 12.2. The maximum atomic E-state index is 12.2. The minimum absolute atomic E-state index is 0.0156. The number of hydrogen-bond donors (Lipinski definition) is 1. The number of nitrogens with zero attached hydrogens (tertiary/aromatic N) is 1. The summed E-state index contributed by atoms with van der Waals surface area (Å²) >= 11 is 1.52. The highest BCUT2D eigenvalue weighted by Gasteiger charge is 2.25. The molecule has 5 heteroatoms. The van der Waals surface area contributed by atoms with E-state index >= 15 is 0 Å². The van der Waals surface area contributed by atoms with E-state index in [-0.39, 0.29) is 18.4 Å². The summed E-state index contributed by atoms with van der Waals surface area (Å²) in [5, 5.41) is 2.91. The lowest BCUT2D eigenvalue weighted by atomic mass is 10.1. The van der Waals surface area contributed by atoms with Crippen LogP contribution in [0.15, 0.2) is 59.5 Å². The first-order valence-corrected chi connectivity index (χ1v) is 9.05. The second kappa shape index (κ2) is 8.02. The Morgan fingerprint density at radius 3 is 2.67 bits per heavy atom. The van der Waals surface area contributed by atoms with E-state index in [1.54, 1.807) is 4.90 Å². The summed E-state index contributed by atoms with van der Waals surface area (Å²) in [6.45, 7) is 0.702. The third-order valence-corrected chi connectivity index (χ3v) is 4.96. The lowest BCUT2D eigenvalue weighted by Crippen LogP contribution is -2.43. The van der Waals surface area contributed by atoms with E-state index in [1.165, 1.54) is 17.3 Å². The summed E-state index contributed by atoms with van der Waals surface area (Å²) in [4.78, 5) is 26.9. The van der Waals surface area contributed by atoms with E-state index in [4.69, 9.17) is 0 Å². The number of para-hydroxylation sites is 1. The van der Waals surface area contributed by atoms with Gasteiger partial charge in [0, 0.05) is 11.4 Å². The normalized spacial score (nSPS) is 13.5. The highest BCUT2D eigenvalue weighted by Crippen LogP contribution is 2.34. The molecular weight excluding hydrogens is 320 g/mol. The molecule has 2 amide bonds. The number of benzene rings is 2. The maximum Gasteiger partial charge on any atom is 0.240 e. The Hall–Kier alpha value is -2.27. The Morgan fingerprint density at radius 2 is 1.83 bits per heavy atom. The predicted molar refractivity (Wildman–Crippen MR) is 97.3 cm³/mol. The summed E-state index contributed by atoms with van der Waals surface area (Å²) in [5.41, 5.74) is 2.10. The zero-order valence-electron chi connectivity index (χ0n) is 13.4. The van der Waals surface area contributed by atoms with E-state index in [2.05, 4.69) is 17.4 Å². The minimum atomic E-state index is -0.113. The van der Waals surface area contributed by atoms with E-state index in [9.17, 15) is 9.59 Å². The van der Waals surface area contributed by atoms with Gasteiger partial charge < -0.3 is 10.2 Å². The van der Waals surface area contributed by atoms with Crippen LogP contribution in [0.5, 0.6) is 0 Å². The van der Waals surface area contributed by atoms with Crippen molar-refractivity contribution in [3.8, 4) is 0 Å². The Labute approximate surface area is 146 Å². The second-order valence-electron chi connectivity index (χ2n) is 5.68. The number of aryl methyl sites for hydroxylation is 1. The summed E-state index contributed by atoms with van der Waals surface area (Å²) in [5.74, 6) is 0.259. The fourth-order valence-electron chi connectivity index (χ4n) is 2.69. The molecule has 0 spiro atoms. The molecule has 4 nitrogen and oxygen atoms in total. The molecule has 0 aliphatic carbocycles. The highest BCUT2D eigenvalue weighted by molar-refractivity contribution is 8.00. The van der Waals surface area contributed by atoms with Gasteiger partial charge in [-0.05, 0) is 30.5 Å². The van der Waals surface area contributed by atoms with Gasteiger partial charge in [-0.15, -0.1) is 11.8 Å². The first-order chi connectivity index (χ1) is 11.7. The molecule has 3 rings (SSSR count). The molecule has 24 heavy (non-hydrogen) atoms. The lowest BCUT2D eigenvalue weighted by Gasteiger charge is -2.28. The minimum Gasteiger partial charge on any atom is -0.355 e. The van der Waals surface area contributed by atoms with Crippen LogP contribution in [0.2, 0.25) is 0 Å². The second-order valence-corrected chi connectivity index (χ2v) is 6.69. The van der Waals surface area contributed by atoms with Gasteiger partial charge in [-0.1, -0.05) is 42.5 Å². The van der Waals surface area contributed by atoms with Crippen molar-refractivity contribution in [1.82, 2.24) is 5.32 Å². The van der Waals surface area contributed by atoms with Crippen molar-refractivity contribution >= 4 is 29.3 Å². The van der Waals surface area contributed by atoms with Crippen molar-refractivity contribution in [2.45, 2.75) is 17.7 Å². The quantitative estimate of drug-likeness (QED) is 0.823. The number of carbonyl (C=O) groups excluding carboxylic acids is 2. The molecule has 0 radical (unpaired) electrons. The van der Waals surface area contributed by atoms with Gasteiger partial charge in [0.25, 0.3) is 0 Å². The van der Waals surface area contributed by atoms with Crippen molar-refractivity contribution in [1.29, 1.82) is 0 Å². The number of hydrogen-bond acceptors (Lipinski definition) is 3. The monoisotopic (exact) mass is 340 g/mol. The molecule has 0 saturated heterocycles. The molecule has 1 aliphatic rings. The molecule has 1 aliphatic heterocycles. The van der Waals surface area contributed by atoms with Gasteiger partial charge in [0.2, 0.25) is 11.8 Å². The molecule has 2 aromatic carbocycles. The average Bonchev–Trinajstić information content (AvgIpc) is 2.62. The van der Waals surface area contributed by atoms with E-state index < -0.39 is 0 Å². The molecule has 0 atom stereocenters. The molecule has 124 valence electrons. The Bertz CT molecular complexity index is 718. The van der Waals surface area contributed by atoms with Crippen LogP contribution in [-0.4, -0.2) is 30.7 Å². The molecule has 1 heterocycles. The summed E-state index contributed by atoms with van der Waals surface area (Å²) < 4.78 is 0. The smallest absolute Gasteiger partial charge is 0.240 e. The van der Waals surface area contributed by atoms with E-state index in [1.807, 2.05) is 42.5 Å². The standard InChI is InChI=1S/C19H20N2O2S/c22-18(20-12-6-9-15-7-2-1-3-8-15)13-21-16-10-4-5-11-17(16)24-14-19(21)23/h1-5,7-8,10-11H,6,9,12-14H2,(H,20,22). The van der Waals surface area contributed by atoms with Gasteiger partial charge in [-0.3, -0.25) is 9.59 Å². The Balaban J connectivity index is 1.49. The largest absolute Gasteiger partial charge is 0.355 e. The molecule has 0 fully saturated rings. The highest BCUT2D eigenvalue weighted by atomic mass is 32.2. The van der Waals surface area contributed by atoms with Crippen LogP contribution in [0, 0.1) is 0 Å². The molecule has 0 aromatic heterocycles. The summed E-state index contributed by atoms with van der Waals surface area (Å²) in [7, 11) is 0. The predicted octanol–water partition coefficient (Wildman–Crippen LogP) is 2.87. The number of carbonyl (C=O) groups is 2. The fourth-order valence-corrected chi connectivity index (χ4v) is 3.63. The van der Waals surface area contributed by atoms with E-state index in [0.29, 0.717) is 12.3 Å².